The summed E-state index contributed by atoms with van der Waals surface area (Å²) in [4.78, 5) is 2.34. The van der Waals surface area contributed by atoms with Crippen molar-refractivity contribution in [2.45, 2.75) is 51.9 Å². The fraction of sp³-hybridized carbons (Fsp3) is 1.00. The van der Waals surface area contributed by atoms with E-state index < -0.39 is 0 Å². The van der Waals surface area contributed by atoms with Crippen molar-refractivity contribution in [2.24, 2.45) is 0 Å². The predicted octanol–water partition coefficient (Wildman–Crippen LogP) is 1.26. The van der Waals surface area contributed by atoms with Crippen LogP contribution in [0.4, 0.5) is 0 Å². The molecule has 3 unspecified atom stereocenters. The van der Waals surface area contributed by atoms with Gasteiger partial charge in [-0.2, -0.15) is 0 Å². The lowest BCUT2D eigenvalue weighted by molar-refractivity contribution is 0.0297. The van der Waals surface area contributed by atoms with Gasteiger partial charge >= 0.3 is 0 Å². The van der Waals surface area contributed by atoms with Gasteiger partial charge in [0, 0.05) is 25.7 Å². The maximum atomic E-state index is 9.77. The van der Waals surface area contributed by atoms with Crippen LogP contribution in [0.1, 0.15) is 33.6 Å². The van der Waals surface area contributed by atoms with E-state index in [0.29, 0.717) is 6.10 Å². The Balaban J connectivity index is 2.47. The van der Waals surface area contributed by atoms with E-state index in [9.17, 15) is 5.11 Å². The number of rotatable bonds is 3. The summed E-state index contributed by atoms with van der Waals surface area (Å²) < 4.78 is 5.57. The Morgan fingerprint density at radius 1 is 1.57 bits per heavy atom. The molecule has 1 rings (SSSR count). The Hall–Kier alpha value is -0.120. The van der Waals surface area contributed by atoms with Gasteiger partial charge in [0.05, 0.1) is 12.2 Å². The third kappa shape index (κ3) is 3.23. The van der Waals surface area contributed by atoms with E-state index in [-0.39, 0.29) is 12.1 Å². The van der Waals surface area contributed by atoms with Crippen LogP contribution in [0.5, 0.6) is 0 Å². The van der Waals surface area contributed by atoms with Crippen LogP contribution in [-0.2, 0) is 4.74 Å². The predicted molar refractivity (Wildman–Crippen MR) is 57.4 cm³/mol. The number of nitrogens with zero attached hydrogens (tertiary/aromatic N) is 1. The molecule has 1 aliphatic rings. The molecule has 0 aromatic carbocycles. The summed E-state index contributed by atoms with van der Waals surface area (Å²) >= 11 is 0. The molecule has 14 heavy (non-hydrogen) atoms. The molecule has 0 bridgehead atoms. The molecule has 0 amide bonds. The molecule has 1 fully saturated rings. The summed E-state index contributed by atoms with van der Waals surface area (Å²) in [5, 5.41) is 9.77. The lowest BCUT2D eigenvalue weighted by Crippen LogP contribution is -2.44. The van der Waals surface area contributed by atoms with Crippen molar-refractivity contribution in [1.29, 1.82) is 0 Å². The molecular weight excluding hydrogens is 178 g/mol. The van der Waals surface area contributed by atoms with Crippen molar-refractivity contribution in [2.75, 3.05) is 19.7 Å². The van der Waals surface area contributed by atoms with Gasteiger partial charge in [0.1, 0.15) is 0 Å². The van der Waals surface area contributed by atoms with Crippen molar-refractivity contribution < 1.29 is 9.84 Å². The minimum Gasteiger partial charge on any atom is -0.392 e. The van der Waals surface area contributed by atoms with Gasteiger partial charge < -0.3 is 9.84 Å². The molecule has 0 aliphatic carbocycles. The van der Waals surface area contributed by atoms with Crippen LogP contribution in [-0.4, -0.2) is 48.0 Å². The maximum absolute atomic E-state index is 9.77. The lowest BCUT2D eigenvalue weighted by Gasteiger charge is -2.31. The molecule has 0 aromatic rings. The summed E-state index contributed by atoms with van der Waals surface area (Å²) in [6.45, 7) is 9.07. The Bertz CT molecular complexity index is 163. The minimum atomic E-state index is -0.208. The average molecular weight is 201 g/mol. The summed E-state index contributed by atoms with van der Waals surface area (Å²) in [7, 11) is 0. The van der Waals surface area contributed by atoms with Gasteiger partial charge in [-0.25, -0.2) is 0 Å². The van der Waals surface area contributed by atoms with Crippen molar-refractivity contribution in [3.8, 4) is 0 Å². The monoisotopic (exact) mass is 201 g/mol. The first-order valence-electron chi connectivity index (χ1n) is 5.68. The van der Waals surface area contributed by atoms with Gasteiger partial charge in [-0.05, 0) is 26.7 Å². The van der Waals surface area contributed by atoms with Gasteiger partial charge in [-0.15, -0.1) is 0 Å². The third-order valence-corrected chi connectivity index (χ3v) is 3.03. The minimum absolute atomic E-state index is 0.208. The van der Waals surface area contributed by atoms with E-state index in [1.54, 1.807) is 0 Å². The molecule has 1 saturated heterocycles. The van der Waals surface area contributed by atoms with Crippen molar-refractivity contribution >= 4 is 0 Å². The first-order chi connectivity index (χ1) is 6.65. The van der Waals surface area contributed by atoms with Gasteiger partial charge in [-0.3, -0.25) is 4.90 Å². The van der Waals surface area contributed by atoms with Crippen LogP contribution >= 0.6 is 0 Å². The number of aliphatic hydroxyl groups excluding tert-OH is 1. The Morgan fingerprint density at radius 2 is 2.29 bits per heavy atom. The summed E-state index contributed by atoms with van der Waals surface area (Å²) in [6.07, 6.45) is 1.99. The van der Waals surface area contributed by atoms with E-state index in [0.717, 1.165) is 32.5 Å². The molecule has 84 valence electrons. The molecule has 1 N–H and O–H groups in total. The first kappa shape index (κ1) is 12.0. The van der Waals surface area contributed by atoms with Crippen LogP contribution in [0.2, 0.25) is 0 Å². The Labute approximate surface area is 87.1 Å². The van der Waals surface area contributed by atoms with Gasteiger partial charge in [0.2, 0.25) is 0 Å². The second-order valence-corrected chi connectivity index (χ2v) is 4.25. The van der Waals surface area contributed by atoms with Gasteiger partial charge in [0.15, 0.2) is 0 Å². The SMILES string of the molecule is CCC(O)C(C)N1CCCOC(C)C1. The van der Waals surface area contributed by atoms with E-state index in [4.69, 9.17) is 4.74 Å². The topological polar surface area (TPSA) is 32.7 Å². The fourth-order valence-corrected chi connectivity index (χ4v) is 1.98. The van der Waals surface area contributed by atoms with E-state index >= 15 is 0 Å². The Kier molecular flexibility index (Phi) is 4.85. The van der Waals surface area contributed by atoms with Crippen LogP contribution < -0.4 is 0 Å². The number of hydrogen-bond donors (Lipinski definition) is 1. The highest BCUT2D eigenvalue weighted by Crippen LogP contribution is 2.13. The fourth-order valence-electron chi connectivity index (χ4n) is 1.98. The van der Waals surface area contributed by atoms with Crippen LogP contribution in [0.15, 0.2) is 0 Å². The average Bonchev–Trinajstić information content (AvgIpc) is 2.40. The molecule has 0 aromatic heterocycles. The van der Waals surface area contributed by atoms with E-state index in [1.165, 1.54) is 0 Å². The summed E-state index contributed by atoms with van der Waals surface area (Å²) in [6, 6.07) is 0.254. The number of hydrogen-bond acceptors (Lipinski definition) is 3. The van der Waals surface area contributed by atoms with Crippen molar-refractivity contribution in [1.82, 2.24) is 4.90 Å². The lowest BCUT2D eigenvalue weighted by atomic mass is 10.1. The highest BCUT2D eigenvalue weighted by molar-refractivity contribution is 4.77. The normalized spacial score (nSPS) is 29.6. The zero-order valence-corrected chi connectivity index (χ0v) is 9.57. The van der Waals surface area contributed by atoms with Crippen molar-refractivity contribution in [3.63, 3.8) is 0 Å². The number of aliphatic hydroxyl groups is 1. The second kappa shape index (κ2) is 5.69. The quantitative estimate of drug-likeness (QED) is 0.746. The third-order valence-electron chi connectivity index (χ3n) is 3.03. The summed E-state index contributed by atoms with van der Waals surface area (Å²) in [5.74, 6) is 0. The molecule has 3 heteroatoms. The first-order valence-corrected chi connectivity index (χ1v) is 5.68. The highest BCUT2D eigenvalue weighted by Gasteiger charge is 2.23. The van der Waals surface area contributed by atoms with Gasteiger partial charge in [0.25, 0.3) is 0 Å². The molecule has 1 heterocycles. The van der Waals surface area contributed by atoms with Crippen LogP contribution in [0.25, 0.3) is 0 Å². The molecule has 0 saturated carbocycles. The molecule has 3 atom stereocenters. The van der Waals surface area contributed by atoms with Gasteiger partial charge in [-0.1, -0.05) is 6.92 Å². The Morgan fingerprint density at radius 3 is 2.93 bits per heavy atom. The molecule has 3 nitrogen and oxygen atoms in total. The highest BCUT2D eigenvalue weighted by atomic mass is 16.5. The van der Waals surface area contributed by atoms with E-state index in [1.807, 2.05) is 6.92 Å². The molecule has 1 aliphatic heterocycles. The standard InChI is InChI=1S/C11H23NO2/c1-4-11(13)10(3)12-6-5-7-14-9(2)8-12/h9-11,13H,4-8H2,1-3H3. The smallest absolute Gasteiger partial charge is 0.0690 e. The molecule has 0 spiro atoms. The zero-order chi connectivity index (χ0) is 10.6. The molecular formula is C11H23NO2. The zero-order valence-electron chi connectivity index (χ0n) is 9.57. The second-order valence-electron chi connectivity index (χ2n) is 4.25. The van der Waals surface area contributed by atoms with Crippen molar-refractivity contribution in [3.05, 3.63) is 0 Å². The van der Waals surface area contributed by atoms with Crippen LogP contribution in [0.3, 0.4) is 0 Å². The van der Waals surface area contributed by atoms with E-state index in [2.05, 4.69) is 18.7 Å². The van der Waals surface area contributed by atoms with Crippen LogP contribution in [0, 0.1) is 0 Å². The maximum Gasteiger partial charge on any atom is 0.0690 e. The largest absolute Gasteiger partial charge is 0.392 e. The summed E-state index contributed by atoms with van der Waals surface area (Å²) in [5.41, 5.74) is 0. The number of ether oxygens (including phenoxy) is 1. The molecule has 0 radical (unpaired) electrons.